The van der Waals surface area contributed by atoms with E-state index in [0.29, 0.717) is 22.3 Å². The fraction of sp³-hybridized carbons (Fsp3) is 0.0625. The van der Waals surface area contributed by atoms with Gasteiger partial charge in [-0.25, -0.2) is 0 Å². The van der Waals surface area contributed by atoms with Gasteiger partial charge in [-0.3, -0.25) is 4.79 Å². The second-order valence-electron chi connectivity index (χ2n) is 4.62. The van der Waals surface area contributed by atoms with Gasteiger partial charge in [-0.15, -0.1) is 0 Å². The van der Waals surface area contributed by atoms with Crippen LogP contribution in [0.1, 0.15) is 5.56 Å². The van der Waals surface area contributed by atoms with E-state index in [4.69, 9.17) is 16.0 Å². The molecule has 0 aliphatic rings. The van der Waals surface area contributed by atoms with Crippen molar-refractivity contribution in [3.63, 3.8) is 0 Å². The zero-order valence-corrected chi connectivity index (χ0v) is 11.4. The Labute approximate surface area is 120 Å². The van der Waals surface area contributed by atoms with Gasteiger partial charge in [0.1, 0.15) is 16.4 Å². The highest BCUT2D eigenvalue weighted by Crippen LogP contribution is 2.30. The first-order chi connectivity index (χ1) is 9.56. The van der Waals surface area contributed by atoms with E-state index in [-0.39, 0.29) is 16.2 Å². The summed E-state index contributed by atoms with van der Waals surface area (Å²) in [6.07, 6.45) is 0. The lowest BCUT2D eigenvalue weighted by atomic mass is 10.1. The zero-order chi connectivity index (χ0) is 14.3. The molecule has 0 bridgehead atoms. The van der Waals surface area contributed by atoms with Gasteiger partial charge in [0.15, 0.2) is 5.76 Å². The molecule has 0 unspecified atom stereocenters. The highest BCUT2D eigenvalue weighted by atomic mass is 35.5. The van der Waals surface area contributed by atoms with Crippen LogP contribution in [0.2, 0.25) is 5.02 Å². The summed E-state index contributed by atoms with van der Waals surface area (Å²) in [6.45, 7) is 1.92. The molecule has 1 N–H and O–H groups in total. The van der Waals surface area contributed by atoms with Gasteiger partial charge in [-0.2, -0.15) is 0 Å². The van der Waals surface area contributed by atoms with Crippen molar-refractivity contribution in [3.8, 4) is 17.1 Å². The summed E-state index contributed by atoms with van der Waals surface area (Å²) in [5, 5.41) is 9.82. The van der Waals surface area contributed by atoms with Crippen molar-refractivity contribution in [2.45, 2.75) is 6.92 Å². The maximum Gasteiger partial charge on any atom is 0.211 e. The number of fused-ring (bicyclic) bond motifs is 1. The highest BCUT2D eigenvalue weighted by molar-refractivity contribution is 6.33. The maximum absolute atomic E-state index is 12.3. The Bertz CT molecular complexity index is 848. The van der Waals surface area contributed by atoms with Crippen molar-refractivity contribution < 1.29 is 9.52 Å². The molecule has 0 atom stereocenters. The van der Waals surface area contributed by atoms with E-state index in [2.05, 4.69) is 0 Å². The van der Waals surface area contributed by atoms with Crippen LogP contribution < -0.4 is 5.43 Å². The van der Waals surface area contributed by atoms with Crippen molar-refractivity contribution in [2.24, 2.45) is 0 Å². The molecule has 0 aliphatic heterocycles. The van der Waals surface area contributed by atoms with Crippen LogP contribution in [-0.4, -0.2) is 5.11 Å². The molecule has 4 heteroatoms. The Balaban J connectivity index is 2.33. The molecule has 0 spiro atoms. The molecule has 0 saturated heterocycles. The molecule has 3 aromatic rings. The first-order valence-electron chi connectivity index (χ1n) is 6.08. The fourth-order valence-electron chi connectivity index (χ4n) is 2.08. The molecule has 20 heavy (non-hydrogen) atoms. The predicted molar refractivity (Wildman–Crippen MR) is 79.3 cm³/mol. The van der Waals surface area contributed by atoms with Crippen LogP contribution in [0.4, 0.5) is 0 Å². The van der Waals surface area contributed by atoms with Gasteiger partial charge in [0, 0.05) is 5.56 Å². The number of rotatable bonds is 1. The van der Waals surface area contributed by atoms with E-state index >= 15 is 0 Å². The number of hydrogen-bond donors (Lipinski definition) is 1. The van der Waals surface area contributed by atoms with Crippen molar-refractivity contribution in [3.05, 3.63) is 63.3 Å². The highest BCUT2D eigenvalue weighted by Gasteiger charge is 2.14. The molecule has 0 aliphatic carbocycles. The van der Waals surface area contributed by atoms with E-state index in [9.17, 15) is 9.90 Å². The first-order valence-corrected chi connectivity index (χ1v) is 6.46. The lowest BCUT2D eigenvalue weighted by Gasteiger charge is -2.06. The Morgan fingerprint density at radius 2 is 1.80 bits per heavy atom. The second kappa shape index (κ2) is 4.69. The van der Waals surface area contributed by atoms with Crippen LogP contribution in [0.5, 0.6) is 5.75 Å². The molecule has 1 aromatic heterocycles. The smallest absolute Gasteiger partial charge is 0.211 e. The number of benzene rings is 2. The van der Waals surface area contributed by atoms with E-state index in [1.54, 1.807) is 24.3 Å². The van der Waals surface area contributed by atoms with Gasteiger partial charge in [-0.05, 0) is 48.9 Å². The average molecular weight is 287 g/mol. The lowest BCUT2D eigenvalue weighted by Crippen LogP contribution is -2.03. The molecule has 3 nitrogen and oxygen atoms in total. The largest absolute Gasteiger partial charge is 0.508 e. The number of halogens is 1. The molecular weight excluding hydrogens is 276 g/mol. The summed E-state index contributed by atoms with van der Waals surface area (Å²) in [6, 6.07) is 11.7. The molecular formula is C16H11ClO3. The third kappa shape index (κ3) is 2.06. The van der Waals surface area contributed by atoms with Gasteiger partial charge in [0.2, 0.25) is 5.43 Å². The van der Waals surface area contributed by atoms with Gasteiger partial charge in [0.25, 0.3) is 0 Å². The number of aryl methyl sites for hydroxylation is 1. The van der Waals surface area contributed by atoms with E-state index in [1.165, 1.54) is 12.1 Å². The maximum atomic E-state index is 12.3. The van der Waals surface area contributed by atoms with Crippen molar-refractivity contribution in [1.82, 2.24) is 0 Å². The minimum atomic E-state index is -0.254. The SMILES string of the molecule is Cc1ccc2c(=O)c(Cl)c(-c3ccc(O)cc3)oc2c1. The third-order valence-electron chi connectivity index (χ3n) is 3.12. The van der Waals surface area contributed by atoms with Crippen LogP contribution in [0.15, 0.2) is 51.7 Å². The molecule has 100 valence electrons. The summed E-state index contributed by atoms with van der Waals surface area (Å²) in [5.41, 5.74) is 1.89. The second-order valence-corrected chi connectivity index (χ2v) is 5.00. The average Bonchev–Trinajstić information content (AvgIpc) is 2.44. The van der Waals surface area contributed by atoms with E-state index in [0.717, 1.165) is 5.56 Å². The molecule has 0 saturated carbocycles. The molecule has 1 heterocycles. The predicted octanol–water partition coefficient (Wildman–Crippen LogP) is 4.13. The summed E-state index contributed by atoms with van der Waals surface area (Å²) >= 11 is 6.12. The fourth-order valence-corrected chi connectivity index (χ4v) is 2.33. The summed E-state index contributed by atoms with van der Waals surface area (Å²) in [7, 11) is 0. The van der Waals surface area contributed by atoms with Gasteiger partial charge in [-0.1, -0.05) is 17.7 Å². The monoisotopic (exact) mass is 286 g/mol. The Morgan fingerprint density at radius 1 is 1.10 bits per heavy atom. The molecule has 0 amide bonds. The molecule has 0 radical (unpaired) electrons. The third-order valence-corrected chi connectivity index (χ3v) is 3.47. The number of hydrogen-bond acceptors (Lipinski definition) is 3. The number of phenolic OH excluding ortho intramolecular Hbond substituents is 1. The van der Waals surface area contributed by atoms with Crippen LogP contribution in [0.25, 0.3) is 22.3 Å². The van der Waals surface area contributed by atoms with Gasteiger partial charge >= 0.3 is 0 Å². The normalized spacial score (nSPS) is 10.9. The molecule has 2 aromatic carbocycles. The van der Waals surface area contributed by atoms with Crippen molar-refractivity contribution >= 4 is 22.6 Å². The van der Waals surface area contributed by atoms with Crippen LogP contribution in [0, 0.1) is 6.92 Å². The van der Waals surface area contributed by atoms with Gasteiger partial charge in [0.05, 0.1) is 5.39 Å². The minimum absolute atomic E-state index is 0.0482. The topological polar surface area (TPSA) is 50.4 Å². The zero-order valence-electron chi connectivity index (χ0n) is 10.7. The Kier molecular flexibility index (Phi) is 2.99. The number of phenols is 1. The summed E-state index contributed by atoms with van der Waals surface area (Å²) < 4.78 is 5.77. The number of aromatic hydroxyl groups is 1. The first kappa shape index (κ1) is 12.8. The Hall–Kier alpha value is -2.26. The quantitative estimate of drug-likeness (QED) is 0.732. The molecule has 3 rings (SSSR count). The van der Waals surface area contributed by atoms with Crippen LogP contribution in [0.3, 0.4) is 0 Å². The van der Waals surface area contributed by atoms with E-state index < -0.39 is 0 Å². The molecule has 0 fully saturated rings. The van der Waals surface area contributed by atoms with Crippen molar-refractivity contribution in [2.75, 3.05) is 0 Å². The van der Waals surface area contributed by atoms with Gasteiger partial charge < -0.3 is 9.52 Å². The summed E-state index contributed by atoms with van der Waals surface area (Å²) in [5.74, 6) is 0.457. The van der Waals surface area contributed by atoms with E-state index in [1.807, 2.05) is 13.0 Å². The van der Waals surface area contributed by atoms with Crippen LogP contribution in [-0.2, 0) is 0 Å². The standard InChI is InChI=1S/C16H11ClO3/c1-9-2-7-12-13(8-9)20-16(14(17)15(12)19)10-3-5-11(18)6-4-10/h2-8,18H,1H3. The minimum Gasteiger partial charge on any atom is -0.508 e. The van der Waals surface area contributed by atoms with Crippen molar-refractivity contribution in [1.29, 1.82) is 0 Å². The van der Waals surface area contributed by atoms with Crippen LogP contribution >= 0.6 is 11.6 Å². The lowest BCUT2D eigenvalue weighted by molar-refractivity contribution is 0.475. The Morgan fingerprint density at radius 3 is 2.50 bits per heavy atom. The summed E-state index contributed by atoms with van der Waals surface area (Å²) in [4.78, 5) is 12.3.